The lowest BCUT2D eigenvalue weighted by Gasteiger charge is -2.15. The quantitative estimate of drug-likeness (QED) is 0.644. The molecule has 124 valence electrons. The molecule has 0 fully saturated rings. The molecule has 1 aromatic carbocycles. The van der Waals surface area contributed by atoms with Crippen molar-refractivity contribution in [1.82, 2.24) is 15.1 Å². The lowest BCUT2D eigenvalue weighted by Crippen LogP contribution is -2.30. The SMILES string of the molecule is Cc1ccnn1CCCNC(=S)Nc1ccccc1C(F)(F)F. The molecule has 0 saturated heterocycles. The van der Waals surface area contributed by atoms with E-state index in [1.807, 2.05) is 17.7 Å². The van der Waals surface area contributed by atoms with Gasteiger partial charge in [0.15, 0.2) is 5.11 Å². The molecule has 23 heavy (non-hydrogen) atoms. The second-order valence-electron chi connectivity index (χ2n) is 4.97. The van der Waals surface area contributed by atoms with Crippen LogP contribution in [0.25, 0.3) is 0 Å². The van der Waals surface area contributed by atoms with Gasteiger partial charge in [0.2, 0.25) is 0 Å². The van der Waals surface area contributed by atoms with Crippen molar-refractivity contribution < 1.29 is 13.2 Å². The molecule has 2 rings (SSSR count). The Bertz CT molecular complexity index is 667. The molecule has 0 aliphatic heterocycles. The fourth-order valence-corrected chi connectivity index (χ4v) is 2.28. The molecule has 0 unspecified atom stereocenters. The number of halogens is 3. The van der Waals surface area contributed by atoms with Crippen LogP contribution in [0.3, 0.4) is 0 Å². The summed E-state index contributed by atoms with van der Waals surface area (Å²) in [5.74, 6) is 0. The standard InChI is InChI=1S/C15H17F3N4S/c1-11-7-9-20-22(11)10-4-8-19-14(23)21-13-6-3-2-5-12(13)15(16,17)18/h2-3,5-7,9H,4,8,10H2,1H3,(H2,19,21,23). The molecular weight excluding hydrogens is 325 g/mol. The highest BCUT2D eigenvalue weighted by molar-refractivity contribution is 7.80. The van der Waals surface area contributed by atoms with Crippen molar-refractivity contribution in [3.63, 3.8) is 0 Å². The minimum Gasteiger partial charge on any atom is -0.362 e. The highest BCUT2D eigenvalue weighted by atomic mass is 32.1. The maximum Gasteiger partial charge on any atom is 0.418 e. The van der Waals surface area contributed by atoms with Gasteiger partial charge in [0, 0.05) is 25.0 Å². The number of nitrogens with zero attached hydrogens (tertiary/aromatic N) is 2. The number of aromatic nitrogens is 2. The zero-order valence-electron chi connectivity index (χ0n) is 12.5. The molecule has 0 aliphatic carbocycles. The highest BCUT2D eigenvalue weighted by Gasteiger charge is 2.33. The fraction of sp³-hybridized carbons (Fsp3) is 0.333. The van der Waals surface area contributed by atoms with Crippen LogP contribution in [-0.2, 0) is 12.7 Å². The number of nitrogens with one attached hydrogen (secondary N) is 2. The van der Waals surface area contributed by atoms with Gasteiger partial charge in [-0.25, -0.2) is 0 Å². The van der Waals surface area contributed by atoms with Gasteiger partial charge in [0.25, 0.3) is 0 Å². The van der Waals surface area contributed by atoms with Crippen LogP contribution in [0.2, 0.25) is 0 Å². The molecule has 2 N–H and O–H groups in total. The summed E-state index contributed by atoms with van der Waals surface area (Å²) in [7, 11) is 0. The molecule has 0 radical (unpaired) electrons. The van der Waals surface area contributed by atoms with E-state index in [2.05, 4.69) is 15.7 Å². The summed E-state index contributed by atoms with van der Waals surface area (Å²) >= 11 is 5.05. The first-order valence-corrected chi connectivity index (χ1v) is 7.48. The average molecular weight is 342 g/mol. The summed E-state index contributed by atoms with van der Waals surface area (Å²) in [5.41, 5.74) is 0.265. The zero-order valence-corrected chi connectivity index (χ0v) is 13.3. The third-order valence-corrected chi connectivity index (χ3v) is 3.49. The third kappa shape index (κ3) is 4.95. The molecule has 8 heteroatoms. The molecule has 1 heterocycles. The van der Waals surface area contributed by atoms with Gasteiger partial charge in [-0.15, -0.1) is 0 Å². The summed E-state index contributed by atoms with van der Waals surface area (Å²) in [6.07, 6.45) is -1.94. The van der Waals surface area contributed by atoms with Gasteiger partial charge >= 0.3 is 6.18 Å². The third-order valence-electron chi connectivity index (χ3n) is 3.24. The van der Waals surface area contributed by atoms with Crippen LogP contribution in [0.4, 0.5) is 18.9 Å². The van der Waals surface area contributed by atoms with Crippen LogP contribution >= 0.6 is 12.2 Å². The number of anilines is 1. The molecule has 4 nitrogen and oxygen atoms in total. The van der Waals surface area contributed by atoms with Gasteiger partial charge in [-0.3, -0.25) is 4.68 Å². The van der Waals surface area contributed by atoms with Crippen LogP contribution < -0.4 is 10.6 Å². The van der Waals surface area contributed by atoms with Gasteiger partial charge in [0.05, 0.1) is 11.3 Å². The minimum absolute atomic E-state index is 0.0552. The van der Waals surface area contributed by atoms with E-state index in [-0.39, 0.29) is 10.8 Å². The molecule has 0 amide bonds. The van der Waals surface area contributed by atoms with Crippen molar-refractivity contribution >= 4 is 23.0 Å². The first kappa shape index (κ1) is 17.3. The lowest BCUT2D eigenvalue weighted by molar-refractivity contribution is -0.136. The Morgan fingerprint density at radius 1 is 1.26 bits per heavy atom. The van der Waals surface area contributed by atoms with Crippen LogP contribution in [-0.4, -0.2) is 21.4 Å². The first-order valence-electron chi connectivity index (χ1n) is 7.07. The number of benzene rings is 1. The maximum atomic E-state index is 12.9. The van der Waals surface area contributed by atoms with Crippen LogP contribution in [0.5, 0.6) is 0 Å². The van der Waals surface area contributed by atoms with Crippen molar-refractivity contribution in [3.8, 4) is 0 Å². The van der Waals surface area contributed by atoms with Crippen molar-refractivity contribution in [1.29, 1.82) is 0 Å². The van der Waals surface area contributed by atoms with E-state index < -0.39 is 11.7 Å². The Balaban J connectivity index is 1.83. The van der Waals surface area contributed by atoms with E-state index in [0.29, 0.717) is 13.1 Å². The molecule has 0 atom stereocenters. The zero-order chi connectivity index (χ0) is 16.9. The number of hydrogen-bond acceptors (Lipinski definition) is 2. The van der Waals surface area contributed by atoms with Crippen molar-refractivity contribution in [2.45, 2.75) is 26.1 Å². The second-order valence-corrected chi connectivity index (χ2v) is 5.38. The van der Waals surface area contributed by atoms with Gasteiger partial charge in [-0.1, -0.05) is 12.1 Å². The molecule has 1 aromatic heterocycles. The summed E-state index contributed by atoms with van der Waals surface area (Å²) in [6.45, 7) is 3.22. The Morgan fingerprint density at radius 3 is 2.65 bits per heavy atom. The molecular formula is C15H17F3N4S. The monoisotopic (exact) mass is 342 g/mol. The first-order chi connectivity index (χ1) is 10.9. The number of aryl methyl sites for hydroxylation is 2. The van der Waals surface area contributed by atoms with Crippen LogP contribution in [0.15, 0.2) is 36.5 Å². The largest absolute Gasteiger partial charge is 0.418 e. The highest BCUT2D eigenvalue weighted by Crippen LogP contribution is 2.34. The topological polar surface area (TPSA) is 41.9 Å². The van der Waals surface area contributed by atoms with Gasteiger partial charge in [-0.2, -0.15) is 18.3 Å². The molecule has 0 aliphatic rings. The summed E-state index contributed by atoms with van der Waals surface area (Å²) in [4.78, 5) is 0. The van der Waals surface area contributed by atoms with E-state index in [0.717, 1.165) is 18.2 Å². The summed E-state index contributed by atoms with van der Waals surface area (Å²) in [6, 6.07) is 7.15. The Morgan fingerprint density at radius 2 is 2.00 bits per heavy atom. The Labute approximate surface area is 137 Å². The van der Waals surface area contributed by atoms with E-state index >= 15 is 0 Å². The van der Waals surface area contributed by atoms with Crippen molar-refractivity contribution in [2.24, 2.45) is 0 Å². The van der Waals surface area contributed by atoms with Gasteiger partial charge < -0.3 is 10.6 Å². The van der Waals surface area contributed by atoms with E-state index in [9.17, 15) is 13.2 Å². The molecule has 0 bridgehead atoms. The number of alkyl halides is 3. The van der Waals surface area contributed by atoms with Crippen LogP contribution in [0.1, 0.15) is 17.7 Å². The van der Waals surface area contributed by atoms with Crippen molar-refractivity contribution in [2.75, 3.05) is 11.9 Å². The molecule has 2 aromatic rings. The predicted octanol–water partition coefficient (Wildman–Crippen LogP) is 3.59. The Hall–Kier alpha value is -2.09. The fourth-order valence-electron chi connectivity index (χ4n) is 2.07. The van der Waals surface area contributed by atoms with E-state index in [1.54, 1.807) is 6.20 Å². The number of para-hydroxylation sites is 1. The number of hydrogen-bond donors (Lipinski definition) is 2. The van der Waals surface area contributed by atoms with E-state index in [4.69, 9.17) is 12.2 Å². The molecule has 0 spiro atoms. The average Bonchev–Trinajstić information content (AvgIpc) is 2.88. The van der Waals surface area contributed by atoms with E-state index in [1.165, 1.54) is 18.2 Å². The summed E-state index contributed by atoms with van der Waals surface area (Å²) < 4.78 is 40.5. The lowest BCUT2D eigenvalue weighted by atomic mass is 10.1. The predicted molar refractivity (Wildman–Crippen MR) is 87.2 cm³/mol. The normalized spacial score (nSPS) is 11.3. The van der Waals surface area contributed by atoms with Gasteiger partial charge in [0.1, 0.15) is 0 Å². The second kappa shape index (κ2) is 7.45. The Kier molecular flexibility index (Phi) is 5.59. The van der Waals surface area contributed by atoms with Crippen molar-refractivity contribution in [3.05, 3.63) is 47.8 Å². The van der Waals surface area contributed by atoms with Gasteiger partial charge in [-0.05, 0) is 43.8 Å². The summed E-state index contributed by atoms with van der Waals surface area (Å²) in [5, 5.41) is 9.82. The minimum atomic E-state index is -4.42. The maximum absolute atomic E-state index is 12.9. The smallest absolute Gasteiger partial charge is 0.362 e. The van der Waals surface area contributed by atoms with Crippen LogP contribution in [0, 0.1) is 6.92 Å². The number of rotatable bonds is 5. The molecule has 0 saturated carbocycles. The number of thiocarbonyl (C=S) groups is 1.